The van der Waals surface area contributed by atoms with Gasteiger partial charge in [0.2, 0.25) is 5.88 Å². The van der Waals surface area contributed by atoms with Gasteiger partial charge in [0.05, 0.1) is 12.7 Å². The van der Waals surface area contributed by atoms with E-state index in [0.717, 1.165) is 11.4 Å². The van der Waals surface area contributed by atoms with Crippen LogP contribution in [0.5, 0.6) is 5.88 Å². The zero-order valence-corrected chi connectivity index (χ0v) is 11.2. The van der Waals surface area contributed by atoms with Crippen LogP contribution in [0.25, 0.3) is 5.78 Å². The fourth-order valence-electron chi connectivity index (χ4n) is 1.61. The van der Waals surface area contributed by atoms with E-state index in [1.165, 1.54) is 6.33 Å². The van der Waals surface area contributed by atoms with Gasteiger partial charge in [-0.2, -0.15) is 19.6 Å². The van der Waals surface area contributed by atoms with Crippen LogP contribution in [0, 0.1) is 6.92 Å². The Balaban J connectivity index is 0.000000686. The monoisotopic (exact) mass is 237 g/mol. The normalized spacial score (nSPS) is 9.76. The van der Waals surface area contributed by atoms with E-state index in [9.17, 15) is 0 Å². The lowest BCUT2D eigenvalue weighted by Gasteiger charge is -2.17. The molecule has 0 saturated heterocycles. The summed E-state index contributed by atoms with van der Waals surface area (Å²) in [4.78, 5) is 10.2. The molecule has 0 aliphatic heterocycles. The van der Waals surface area contributed by atoms with Crippen molar-refractivity contribution < 1.29 is 4.74 Å². The summed E-state index contributed by atoms with van der Waals surface area (Å²) in [6, 6.07) is 0. The Hall–Kier alpha value is -1.85. The summed E-state index contributed by atoms with van der Waals surface area (Å²) in [5, 5.41) is 4.12. The van der Waals surface area contributed by atoms with Crippen molar-refractivity contribution in [3.8, 4) is 5.88 Å². The van der Waals surface area contributed by atoms with E-state index < -0.39 is 0 Å². The summed E-state index contributed by atoms with van der Waals surface area (Å²) < 4.78 is 6.89. The van der Waals surface area contributed by atoms with Gasteiger partial charge in [-0.15, -0.1) is 0 Å². The third kappa shape index (κ3) is 2.30. The first-order chi connectivity index (χ1) is 8.15. The van der Waals surface area contributed by atoms with Gasteiger partial charge in [0.1, 0.15) is 12.1 Å². The number of hydrogen-bond donors (Lipinski definition) is 0. The number of rotatable bonds is 2. The van der Waals surface area contributed by atoms with Crippen molar-refractivity contribution in [1.82, 2.24) is 19.6 Å². The van der Waals surface area contributed by atoms with Gasteiger partial charge in [-0.05, 0) is 6.92 Å². The molecule has 2 heterocycles. The molecular weight excluding hydrogens is 218 g/mol. The standard InChI is InChI=1S/C9H13N5O.C2H6/c1-6-7(15-4)12-9-10-5-11-14(9)8(6)13(2)3;1-2/h5H,1-4H3;1-2H3. The number of fused-ring (bicyclic) bond motifs is 1. The predicted octanol–water partition coefficient (Wildman–Crippen LogP) is 1.53. The van der Waals surface area contributed by atoms with Crippen molar-refractivity contribution in [2.24, 2.45) is 0 Å². The molecule has 2 aromatic rings. The van der Waals surface area contributed by atoms with Crippen molar-refractivity contribution in [3.63, 3.8) is 0 Å². The van der Waals surface area contributed by atoms with E-state index in [-0.39, 0.29) is 0 Å². The van der Waals surface area contributed by atoms with Gasteiger partial charge in [-0.25, -0.2) is 0 Å². The molecule has 0 amide bonds. The number of methoxy groups -OCH3 is 1. The predicted molar refractivity (Wildman–Crippen MR) is 67.7 cm³/mol. The highest BCUT2D eigenvalue weighted by Crippen LogP contribution is 2.25. The molecule has 6 heteroatoms. The highest BCUT2D eigenvalue weighted by molar-refractivity contribution is 5.55. The number of anilines is 1. The maximum absolute atomic E-state index is 5.19. The van der Waals surface area contributed by atoms with Crippen LogP contribution in [-0.2, 0) is 0 Å². The molecule has 0 saturated carbocycles. The van der Waals surface area contributed by atoms with Crippen LogP contribution in [0.3, 0.4) is 0 Å². The summed E-state index contributed by atoms with van der Waals surface area (Å²) in [6.07, 6.45) is 1.48. The van der Waals surface area contributed by atoms with Crippen LogP contribution in [0.2, 0.25) is 0 Å². The van der Waals surface area contributed by atoms with Crippen LogP contribution < -0.4 is 9.64 Å². The summed E-state index contributed by atoms with van der Waals surface area (Å²) in [7, 11) is 5.49. The largest absolute Gasteiger partial charge is 0.481 e. The second-order valence-corrected chi connectivity index (χ2v) is 3.44. The number of hydrogen-bond acceptors (Lipinski definition) is 5. The lowest BCUT2D eigenvalue weighted by atomic mass is 10.3. The van der Waals surface area contributed by atoms with E-state index >= 15 is 0 Å². The molecule has 17 heavy (non-hydrogen) atoms. The first-order valence-electron chi connectivity index (χ1n) is 5.56. The van der Waals surface area contributed by atoms with Crippen molar-refractivity contribution in [2.45, 2.75) is 20.8 Å². The van der Waals surface area contributed by atoms with Gasteiger partial charge in [0, 0.05) is 14.1 Å². The van der Waals surface area contributed by atoms with E-state index in [2.05, 4.69) is 15.1 Å². The second-order valence-electron chi connectivity index (χ2n) is 3.44. The summed E-state index contributed by atoms with van der Waals surface area (Å²) >= 11 is 0. The zero-order chi connectivity index (χ0) is 13.0. The molecule has 0 radical (unpaired) electrons. The average molecular weight is 237 g/mol. The highest BCUT2D eigenvalue weighted by atomic mass is 16.5. The van der Waals surface area contributed by atoms with Crippen LogP contribution in [0.4, 0.5) is 5.82 Å². The molecule has 2 aromatic heterocycles. The smallest absolute Gasteiger partial charge is 0.257 e. The maximum atomic E-state index is 5.19. The molecule has 0 atom stereocenters. The van der Waals surface area contributed by atoms with Gasteiger partial charge in [0.25, 0.3) is 5.78 Å². The minimum absolute atomic E-state index is 0.543. The van der Waals surface area contributed by atoms with Crippen LogP contribution >= 0.6 is 0 Å². The minimum Gasteiger partial charge on any atom is -0.481 e. The fraction of sp³-hybridized carbons (Fsp3) is 0.545. The lowest BCUT2D eigenvalue weighted by molar-refractivity contribution is 0.394. The summed E-state index contributed by atoms with van der Waals surface area (Å²) in [6.45, 7) is 5.95. The van der Waals surface area contributed by atoms with E-state index in [1.807, 2.05) is 39.8 Å². The van der Waals surface area contributed by atoms with Crippen molar-refractivity contribution in [1.29, 1.82) is 0 Å². The molecular formula is C11H19N5O. The van der Waals surface area contributed by atoms with Gasteiger partial charge >= 0.3 is 0 Å². The van der Waals surface area contributed by atoms with Gasteiger partial charge < -0.3 is 9.64 Å². The fourth-order valence-corrected chi connectivity index (χ4v) is 1.61. The maximum Gasteiger partial charge on any atom is 0.257 e. The minimum atomic E-state index is 0.543. The Morgan fingerprint density at radius 1 is 1.29 bits per heavy atom. The average Bonchev–Trinajstić information content (AvgIpc) is 2.77. The van der Waals surface area contributed by atoms with Crippen LogP contribution in [0.1, 0.15) is 19.4 Å². The molecule has 6 nitrogen and oxygen atoms in total. The molecule has 0 aliphatic rings. The Morgan fingerprint density at radius 3 is 2.47 bits per heavy atom. The molecule has 0 fully saturated rings. The summed E-state index contributed by atoms with van der Waals surface area (Å²) in [5.41, 5.74) is 0.945. The second kappa shape index (κ2) is 5.47. The topological polar surface area (TPSA) is 55.6 Å². The highest BCUT2D eigenvalue weighted by Gasteiger charge is 2.14. The molecule has 0 bridgehead atoms. The van der Waals surface area contributed by atoms with Crippen molar-refractivity contribution in [2.75, 3.05) is 26.1 Å². The van der Waals surface area contributed by atoms with E-state index in [4.69, 9.17) is 4.74 Å². The number of nitrogens with zero attached hydrogens (tertiary/aromatic N) is 5. The quantitative estimate of drug-likeness (QED) is 0.793. The van der Waals surface area contributed by atoms with Gasteiger partial charge in [-0.3, -0.25) is 0 Å². The van der Waals surface area contributed by atoms with Crippen LogP contribution in [0.15, 0.2) is 6.33 Å². The third-order valence-electron chi connectivity index (χ3n) is 2.21. The Labute approximate surface area is 101 Å². The van der Waals surface area contributed by atoms with E-state index in [0.29, 0.717) is 11.7 Å². The Kier molecular flexibility index (Phi) is 4.25. The Bertz CT molecular complexity index is 492. The number of aromatic nitrogens is 4. The Morgan fingerprint density at radius 2 is 1.94 bits per heavy atom. The van der Waals surface area contributed by atoms with Crippen LogP contribution in [-0.4, -0.2) is 40.8 Å². The first-order valence-corrected chi connectivity index (χ1v) is 5.56. The first kappa shape index (κ1) is 13.2. The lowest BCUT2D eigenvalue weighted by Crippen LogP contribution is -2.16. The summed E-state index contributed by atoms with van der Waals surface area (Å²) in [5.74, 6) is 2.05. The van der Waals surface area contributed by atoms with E-state index in [1.54, 1.807) is 11.6 Å². The molecule has 0 aromatic carbocycles. The van der Waals surface area contributed by atoms with Crippen molar-refractivity contribution in [3.05, 3.63) is 11.9 Å². The SMILES string of the molecule is CC.COc1nc2ncnn2c(N(C)C)c1C. The number of ether oxygens (including phenoxy) is 1. The molecule has 0 N–H and O–H groups in total. The third-order valence-corrected chi connectivity index (χ3v) is 2.21. The molecule has 94 valence electrons. The zero-order valence-electron chi connectivity index (χ0n) is 11.2. The molecule has 0 unspecified atom stereocenters. The molecule has 2 rings (SSSR count). The van der Waals surface area contributed by atoms with Crippen molar-refractivity contribution >= 4 is 11.6 Å². The molecule has 0 spiro atoms. The van der Waals surface area contributed by atoms with Gasteiger partial charge in [-0.1, -0.05) is 13.8 Å². The molecule has 0 aliphatic carbocycles. The van der Waals surface area contributed by atoms with Gasteiger partial charge in [0.15, 0.2) is 0 Å².